The summed E-state index contributed by atoms with van der Waals surface area (Å²) in [5.41, 5.74) is 3.93. The van der Waals surface area contributed by atoms with Crippen LogP contribution in [0.25, 0.3) is 21.7 Å². The number of hydrogen-bond acceptors (Lipinski definition) is 3. The number of benzene rings is 4. The van der Waals surface area contributed by atoms with Crippen LogP contribution in [0.2, 0.25) is 5.02 Å². The lowest BCUT2D eigenvalue weighted by molar-refractivity contribution is 0.342. The van der Waals surface area contributed by atoms with Gasteiger partial charge in [-0.15, -0.1) is 0 Å². The van der Waals surface area contributed by atoms with Gasteiger partial charge in [0.2, 0.25) is 10.0 Å². The summed E-state index contributed by atoms with van der Waals surface area (Å²) in [7, 11) is -2.16. The van der Waals surface area contributed by atoms with Gasteiger partial charge in [-0.1, -0.05) is 54.1 Å². The van der Waals surface area contributed by atoms with E-state index >= 15 is 0 Å². The number of aromatic nitrogens is 1. The number of fused-ring (bicyclic) bond motifs is 4. The molecule has 5 nitrogen and oxygen atoms in total. The zero-order valence-corrected chi connectivity index (χ0v) is 20.6. The van der Waals surface area contributed by atoms with E-state index in [1.165, 1.54) is 0 Å². The molecular weight excluding hydrogens is 480 g/mol. The summed E-state index contributed by atoms with van der Waals surface area (Å²) in [4.78, 5) is 3.79. The van der Waals surface area contributed by atoms with Crippen LogP contribution >= 0.6 is 11.6 Å². The molecule has 7 heteroatoms. The Morgan fingerprint density at radius 1 is 0.943 bits per heavy atom. The summed E-state index contributed by atoms with van der Waals surface area (Å²) in [5.74, 6) is 0.775. The van der Waals surface area contributed by atoms with Crippen LogP contribution in [0.3, 0.4) is 0 Å². The monoisotopic (exact) mass is 502 g/mol. The predicted molar refractivity (Wildman–Crippen MR) is 140 cm³/mol. The topological polar surface area (TPSA) is 62.4 Å². The van der Waals surface area contributed by atoms with Crippen molar-refractivity contribution in [2.24, 2.45) is 0 Å². The minimum atomic E-state index is -3.81. The molecule has 1 atom stereocenters. The van der Waals surface area contributed by atoms with Crippen molar-refractivity contribution in [3.05, 3.63) is 107 Å². The summed E-state index contributed by atoms with van der Waals surface area (Å²) in [6.07, 6.45) is 0.594. The Hall–Kier alpha value is -3.32. The lowest BCUT2D eigenvalue weighted by Gasteiger charge is -2.35. The Labute approximate surface area is 209 Å². The lowest BCUT2D eigenvalue weighted by atomic mass is 9.91. The van der Waals surface area contributed by atoms with Gasteiger partial charge in [-0.3, -0.25) is 0 Å². The Bertz CT molecular complexity index is 1670. The maximum Gasteiger partial charge on any atom is 0.244 e. The van der Waals surface area contributed by atoms with Gasteiger partial charge in [0.15, 0.2) is 0 Å². The number of aromatic amines is 1. The molecule has 176 valence electrons. The molecule has 35 heavy (non-hydrogen) atoms. The highest BCUT2D eigenvalue weighted by Crippen LogP contribution is 2.43. The zero-order valence-electron chi connectivity index (χ0n) is 19.0. The highest BCUT2D eigenvalue weighted by Gasteiger charge is 2.39. The fourth-order valence-corrected chi connectivity index (χ4v) is 6.88. The molecule has 0 aliphatic carbocycles. The van der Waals surface area contributed by atoms with Crippen LogP contribution in [0, 0.1) is 0 Å². The van der Waals surface area contributed by atoms with Crippen LogP contribution in [0.15, 0.2) is 89.8 Å². The molecule has 0 spiro atoms. The Morgan fingerprint density at radius 3 is 2.51 bits per heavy atom. The minimum absolute atomic E-state index is 0.230. The Morgan fingerprint density at radius 2 is 1.71 bits per heavy atom. The molecule has 5 aromatic rings. The summed E-state index contributed by atoms with van der Waals surface area (Å²) < 4.78 is 35.1. The van der Waals surface area contributed by atoms with E-state index < -0.39 is 16.1 Å². The first kappa shape index (κ1) is 22.2. The smallest absolute Gasteiger partial charge is 0.244 e. The van der Waals surface area contributed by atoms with Crippen molar-refractivity contribution in [1.82, 2.24) is 9.29 Å². The molecule has 0 saturated carbocycles. The van der Waals surface area contributed by atoms with Gasteiger partial charge in [0.05, 0.1) is 18.0 Å². The van der Waals surface area contributed by atoms with Gasteiger partial charge < -0.3 is 9.72 Å². The highest BCUT2D eigenvalue weighted by molar-refractivity contribution is 7.89. The number of rotatable bonds is 4. The van der Waals surface area contributed by atoms with Crippen molar-refractivity contribution in [3.8, 4) is 5.75 Å². The van der Waals surface area contributed by atoms with E-state index in [0.29, 0.717) is 18.0 Å². The van der Waals surface area contributed by atoms with Crippen molar-refractivity contribution in [2.75, 3.05) is 13.7 Å². The normalized spacial score (nSPS) is 16.5. The molecule has 0 saturated heterocycles. The lowest BCUT2D eigenvalue weighted by Crippen LogP contribution is -2.40. The van der Waals surface area contributed by atoms with Gasteiger partial charge >= 0.3 is 0 Å². The number of halogens is 1. The second kappa shape index (κ2) is 8.41. The number of H-pyrrole nitrogens is 1. The standard InChI is InChI=1S/C28H23ClN2O3S/c1-34-20-11-14-26-25(17-20)23-15-16-31(35(32,33)21-12-9-19(29)10-13-21)28(27(23)30-26)24-8-4-6-18-5-2-3-7-22(18)24/h2-14,17,28,30H,15-16H2,1H3. The second-order valence-electron chi connectivity index (χ2n) is 8.72. The molecule has 2 heterocycles. The van der Waals surface area contributed by atoms with Crippen molar-refractivity contribution in [2.45, 2.75) is 17.4 Å². The third kappa shape index (κ3) is 3.60. The average Bonchev–Trinajstić information content (AvgIpc) is 3.26. The first-order valence-corrected chi connectivity index (χ1v) is 13.2. The quantitative estimate of drug-likeness (QED) is 0.313. The number of hydrogen-bond donors (Lipinski definition) is 1. The summed E-state index contributed by atoms with van der Waals surface area (Å²) in [6, 6.07) is 26.0. The second-order valence-corrected chi connectivity index (χ2v) is 11.0. The van der Waals surface area contributed by atoms with E-state index in [9.17, 15) is 8.42 Å². The number of sulfonamides is 1. The van der Waals surface area contributed by atoms with Crippen LogP contribution in [-0.2, 0) is 16.4 Å². The average molecular weight is 503 g/mol. The molecule has 4 aromatic carbocycles. The Balaban J connectivity index is 1.61. The molecule has 0 fully saturated rings. The maximum absolute atomic E-state index is 14.0. The molecule has 1 N–H and O–H groups in total. The number of ether oxygens (including phenoxy) is 1. The largest absolute Gasteiger partial charge is 0.497 e. The molecule has 1 aliphatic heterocycles. The van der Waals surface area contributed by atoms with Crippen LogP contribution in [-0.4, -0.2) is 31.4 Å². The van der Waals surface area contributed by atoms with E-state index in [0.717, 1.165) is 44.2 Å². The van der Waals surface area contributed by atoms with Gasteiger partial charge in [0, 0.05) is 28.2 Å². The minimum Gasteiger partial charge on any atom is -0.497 e. The fourth-order valence-electron chi connectivity index (χ4n) is 5.17. The van der Waals surface area contributed by atoms with Crippen LogP contribution in [0.4, 0.5) is 0 Å². The van der Waals surface area contributed by atoms with Crippen molar-refractivity contribution >= 4 is 43.3 Å². The summed E-state index contributed by atoms with van der Waals surface area (Å²) in [5, 5.41) is 3.66. The van der Waals surface area contributed by atoms with E-state index in [1.807, 2.05) is 42.5 Å². The van der Waals surface area contributed by atoms with E-state index in [1.54, 1.807) is 35.7 Å². The summed E-state index contributed by atoms with van der Waals surface area (Å²) in [6.45, 7) is 0.357. The molecule has 1 unspecified atom stereocenters. The molecule has 0 bridgehead atoms. The zero-order chi connectivity index (χ0) is 24.2. The maximum atomic E-state index is 14.0. The van der Waals surface area contributed by atoms with E-state index in [4.69, 9.17) is 16.3 Å². The molecular formula is C28H23ClN2O3S. The highest BCUT2D eigenvalue weighted by atomic mass is 35.5. The molecule has 1 aliphatic rings. The van der Waals surface area contributed by atoms with E-state index in [-0.39, 0.29) is 4.90 Å². The molecule has 6 rings (SSSR count). The van der Waals surface area contributed by atoms with Gasteiger partial charge in [0.1, 0.15) is 5.75 Å². The van der Waals surface area contributed by atoms with Gasteiger partial charge in [-0.05, 0) is 70.8 Å². The van der Waals surface area contributed by atoms with Crippen LogP contribution < -0.4 is 4.74 Å². The Kier molecular flexibility index (Phi) is 5.33. The summed E-state index contributed by atoms with van der Waals surface area (Å²) >= 11 is 6.05. The first-order valence-electron chi connectivity index (χ1n) is 11.4. The van der Waals surface area contributed by atoms with E-state index in [2.05, 4.69) is 23.2 Å². The molecule has 0 radical (unpaired) electrons. The van der Waals surface area contributed by atoms with Crippen LogP contribution in [0.1, 0.15) is 22.9 Å². The first-order chi connectivity index (χ1) is 17.0. The third-order valence-electron chi connectivity index (χ3n) is 6.83. The number of methoxy groups -OCH3 is 1. The SMILES string of the molecule is COc1ccc2[nH]c3c(c2c1)CCN(S(=O)(=O)c1ccc(Cl)cc1)C3c1cccc2ccccc12. The predicted octanol–water partition coefficient (Wildman–Crippen LogP) is 6.32. The molecule has 1 aromatic heterocycles. The van der Waals surface area contributed by atoms with Gasteiger partial charge in [-0.2, -0.15) is 4.31 Å². The van der Waals surface area contributed by atoms with Crippen molar-refractivity contribution in [3.63, 3.8) is 0 Å². The molecule has 0 amide bonds. The van der Waals surface area contributed by atoms with Gasteiger partial charge in [0.25, 0.3) is 0 Å². The van der Waals surface area contributed by atoms with Crippen LogP contribution in [0.5, 0.6) is 5.75 Å². The number of nitrogens with zero attached hydrogens (tertiary/aromatic N) is 1. The van der Waals surface area contributed by atoms with Crippen molar-refractivity contribution in [1.29, 1.82) is 0 Å². The third-order valence-corrected chi connectivity index (χ3v) is 8.96. The van der Waals surface area contributed by atoms with Gasteiger partial charge in [-0.25, -0.2) is 8.42 Å². The van der Waals surface area contributed by atoms with Crippen molar-refractivity contribution < 1.29 is 13.2 Å². The number of nitrogens with one attached hydrogen (secondary N) is 1. The fraction of sp³-hybridized carbons (Fsp3) is 0.143.